The lowest BCUT2D eigenvalue weighted by Gasteiger charge is -2.38. The van der Waals surface area contributed by atoms with Crippen LogP contribution in [-0.4, -0.2) is 27.3 Å². The molecule has 3 N–H and O–H groups in total. The molecule has 1 spiro atoms. The summed E-state index contributed by atoms with van der Waals surface area (Å²) in [5.41, 5.74) is -2.79. The van der Waals surface area contributed by atoms with Gasteiger partial charge in [0.2, 0.25) is 0 Å². The third kappa shape index (κ3) is 2.86. The van der Waals surface area contributed by atoms with E-state index in [4.69, 9.17) is 79.1 Å². The quantitative estimate of drug-likeness (QED) is 0.258. The van der Waals surface area contributed by atoms with Crippen LogP contribution >= 0.6 is 69.6 Å². The molecule has 3 aromatic rings. The summed E-state index contributed by atoms with van der Waals surface area (Å²) >= 11 is 37.7. The van der Waals surface area contributed by atoms with Crippen LogP contribution in [0.3, 0.4) is 0 Å². The Balaban J connectivity index is 2.02. The molecular weight excluding hydrogens is 577 g/mol. The Morgan fingerprint density at radius 2 is 1.29 bits per heavy atom. The molecule has 2 aliphatic heterocycles. The minimum absolute atomic E-state index is 0.0127. The summed E-state index contributed by atoms with van der Waals surface area (Å²) in [5.74, 6) is -3.95. The average Bonchev–Trinajstić information content (AvgIpc) is 3.09. The fraction of sp³-hybridized carbons (Fsp3) is 0.0476. The van der Waals surface area contributed by atoms with Gasteiger partial charge >= 0.3 is 11.9 Å². The second-order valence-corrected chi connectivity index (χ2v) is 9.60. The lowest BCUT2D eigenvalue weighted by atomic mass is 9.77. The highest BCUT2D eigenvalue weighted by molar-refractivity contribution is 6.41. The van der Waals surface area contributed by atoms with Crippen LogP contribution in [0.2, 0.25) is 30.1 Å². The molecule has 0 saturated heterocycles. The maximum atomic E-state index is 13.2. The number of hydrogen-bond donors (Lipinski definition) is 3. The van der Waals surface area contributed by atoms with Gasteiger partial charge in [0.25, 0.3) is 0 Å². The maximum absolute atomic E-state index is 13.2. The van der Waals surface area contributed by atoms with Crippen molar-refractivity contribution in [3.05, 3.63) is 76.2 Å². The van der Waals surface area contributed by atoms with E-state index < -0.39 is 39.6 Å². The fourth-order valence-electron chi connectivity index (χ4n) is 4.09. The number of carboxylic acids is 1. The van der Waals surface area contributed by atoms with Gasteiger partial charge in [-0.2, -0.15) is 0 Å². The number of fused-ring (bicyclic) bond motifs is 6. The fourth-order valence-corrected chi connectivity index (χ4v) is 5.72. The van der Waals surface area contributed by atoms with Crippen molar-refractivity contribution >= 4 is 81.5 Å². The number of benzene rings is 3. The van der Waals surface area contributed by atoms with Gasteiger partial charge in [-0.1, -0.05) is 69.6 Å². The molecule has 0 unspecified atom stereocenters. The molecule has 0 amide bonds. The van der Waals surface area contributed by atoms with Crippen molar-refractivity contribution in [1.29, 1.82) is 0 Å². The number of aromatic carboxylic acids is 1. The molecular formula is C21H6Cl6O7. The number of esters is 1. The summed E-state index contributed by atoms with van der Waals surface area (Å²) in [7, 11) is 0. The molecule has 0 aliphatic carbocycles. The molecule has 3 aromatic carbocycles. The molecule has 7 nitrogen and oxygen atoms in total. The third-order valence-electron chi connectivity index (χ3n) is 5.51. The lowest BCUT2D eigenvalue weighted by molar-refractivity contribution is 0.0224. The van der Waals surface area contributed by atoms with Crippen molar-refractivity contribution in [2.75, 3.05) is 0 Å². The van der Waals surface area contributed by atoms with E-state index in [1.165, 1.54) is 12.1 Å². The van der Waals surface area contributed by atoms with E-state index in [0.29, 0.717) is 0 Å². The van der Waals surface area contributed by atoms with Crippen molar-refractivity contribution < 1.29 is 34.4 Å². The molecule has 0 radical (unpaired) electrons. The molecule has 0 bridgehead atoms. The molecule has 2 heterocycles. The van der Waals surface area contributed by atoms with Crippen LogP contribution in [0.15, 0.2) is 18.2 Å². The summed E-state index contributed by atoms with van der Waals surface area (Å²) < 4.78 is 11.6. The van der Waals surface area contributed by atoms with Crippen molar-refractivity contribution in [3.8, 4) is 23.0 Å². The van der Waals surface area contributed by atoms with Gasteiger partial charge in [0.15, 0.2) is 28.6 Å². The van der Waals surface area contributed by atoms with Crippen LogP contribution in [0.25, 0.3) is 0 Å². The second-order valence-electron chi connectivity index (χ2n) is 7.24. The molecule has 0 atom stereocenters. The Morgan fingerprint density at radius 1 is 0.794 bits per heavy atom. The standard InChI is InChI=1S/C21H6Cl6O7/c22-7-1-4(19(30)31)12(25)10-11(7)21(34-20(10)32)5-2-8(23)15(28)13(26)17(5)33-18-6(21)3-9(24)16(29)14(18)27/h1-3,28-29H,(H,30,31). The number of carbonyl (C=O) groups excluding carboxylic acids is 1. The smallest absolute Gasteiger partial charge is 0.341 e. The van der Waals surface area contributed by atoms with E-state index in [0.717, 1.165) is 6.07 Å². The van der Waals surface area contributed by atoms with Gasteiger partial charge < -0.3 is 24.8 Å². The van der Waals surface area contributed by atoms with E-state index in [2.05, 4.69) is 0 Å². The highest BCUT2D eigenvalue weighted by Crippen LogP contribution is 2.64. The molecule has 34 heavy (non-hydrogen) atoms. The van der Waals surface area contributed by atoms with Crippen molar-refractivity contribution in [2.24, 2.45) is 0 Å². The SMILES string of the molecule is O=C(O)c1cc(Cl)c2c(c1Cl)C(=O)OC21c2cc(Cl)c(O)c(Cl)c2Oc2c1cc(Cl)c(O)c2Cl. The Hall–Kier alpha value is -2.26. The summed E-state index contributed by atoms with van der Waals surface area (Å²) in [6.45, 7) is 0. The first kappa shape index (κ1) is 23.5. The highest BCUT2D eigenvalue weighted by atomic mass is 35.5. The Kier molecular flexibility index (Phi) is 5.26. The van der Waals surface area contributed by atoms with Gasteiger partial charge in [0.05, 0.1) is 42.3 Å². The predicted molar refractivity (Wildman–Crippen MR) is 125 cm³/mol. The van der Waals surface area contributed by atoms with E-state index >= 15 is 0 Å². The van der Waals surface area contributed by atoms with E-state index in [-0.39, 0.29) is 58.9 Å². The first-order valence-electron chi connectivity index (χ1n) is 9.01. The van der Waals surface area contributed by atoms with Crippen LogP contribution in [0, 0.1) is 0 Å². The topological polar surface area (TPSA) is 113 Å². The number of carbonyl (C=O) groups is 2. The largest absolute Gasteiger partial charge is 0.505 e. The highest BCUT2D eigenvalue weighted by Gasteiger charge is 2.57. The molecule has 0 aromatic heterocycles. The number of aromatic hydroxyl groups is 2. The lowest BCUT2D eigenvalue weighted by Crippen LogP contribution is -2.33. The summed E-state index contributed by atoms with van der Waals surface area (Å²) in [5, 5.41) is 28.3. The van der Waals surface area contributed by atoms with E-state index in [1.807, 2.05) is 0 Å². The van der Waals surface area contributed by atoms with Crippen molar-refractivity contribution in [2.45, 2.75) is 5.60 Å². The Bertz CT molecular complexity index is 1440. The van der Waals surface area contributed by atoms with Gasteiger partial charge in [0.1, 0.15) is 10.0 Å². The van der Waals surface area contributed by atoms with Crippen LogP contribution in [0.1, 0.15) is 37.4 Å². The zero-order chi connectivity index (χ0) is 24.9. The zero-order valence-corrected chi connectivity index (χ0v) is 20.5. The van der Waals surface area contributed by atoms with Crippen LogP contribution < -0.4 is 4.74 Å². The minimum Gasteiger partial charge on any atom is -0.505 e. The predicted octanol–water partition coefficient (Wildman–Crippen LogP) is 7.28. The second kappa shape index (κ2) is 7.62. The van der Waals surface area contributed by atoms with Crippen LogP contribution in [-0.2, 0) is 10.3 Å². The molecule has 0 fully saturated rings. The monoisotopic (exact) mass is 580 g/mol. The average molecular weight is 583 g/mol. The normalized spacial score (nSPS) is 14.8. The number of phenolic OH excluding ortho intramolecular Hbond substituents is 2. The Labute approximate surface area is 219 Å². The van der Waals surface area contributed by atoms with E-state index in [1.54, 1.807) is 0 Å². The van der Waals surface area contributed by atoms with Crippen molar-refractivity contribution in [1.82, 2.24) is 0 Å². The van der Waals surface area contributed by atoms with Gasteiger partial charge in [0, 0.05) is 5.56 Å². The Morgan fingerprint density at radius 3 is 1.76 bits per heavy atom. The van der Waals surface area contributed by atoms with Gasteiger partial charge in [-0.15, -0.1) is 0 Å². The molecule has 2 aliphatic rings. The molecule has 13 heteroatoms. The minimum atomic E-state index is -1.99. The van der Waals surface area contributed by atoms with Crippen LogP contribution in [0.5, 0.6) is 23.0 Å². The number of halogens is 6. The first-order chi connectivity index (χ1) is 15.9. The first-order valence-corrected chi connectivity index (χ1v) is 11.3. The summed E-state index contributed by atoms with van der Waals surface area (Å²) in [6, 6.07) is 3.51. The van der Waals surface area contributed by atoms with Gasteiger partial charge in [-0.25, -0.2) is 9.59 Å². The zero-order valence-electron chi connectivity index (χ0n) is 16.0. The van der Waals surface area contributed by atoms with E-state index in [9.17, 15) is 24.9 Å². The summed E-state index contributed by atoms with van der Waals surface area (Å²) in [6.07, 6.45) is 0. The van der Waals surface area contributed by atoms with Crippen LogP contribution in [0.4, 0.5) is 0 Å². The number of ether oxygens (including phenoxy) is 2. The van der Waals surface area contributed by atoms with Gasteiger partial charge in [-0.05, 0) is 18.2 Å². The maximum Gasteiger partial charge on any atom is 0.341 e. The third-order valence-corrected chi connectivity index (χ3v) is 7.48. The molecule has 174 valence electrons. The number of carboxylic acid groups (broad SMARTS) is 1. The number of hydrogen-bond acceptors (Lipinski definition) is 6. The number of rotatable bonds is 1. The van der Waals surface area contributed by atoms with Gasteiger partial charge in [-0.3, -0.25) is 0 Å². The van der Waals surface area contributed by atoms with Crippen molar-refractivity contribution in [3.63, 3.8) is 0 Å². The molecule has 5 rings (SSSR count). The summed E-state index contributed by atoms with van der Waals surface area (Å²) in [4.78, 5) is 24.8. The molecule has 0 saturated carbocycles. The number of phenols is 2.